The van der Waals surface area contributed by atoms with Gasteiger partial charge < -0.3 is 29.6 Å². The molecular formula is C15H15N4NaO4. The number of fused-ring (bicyclic) bond motifs is 1. The minimum Gasteiger partial charge on any atom is -0.545 e. The van der Waals surface area contributed by atoms with Crippen LogP contribution in [0.15, 0.2) is 35.6 Å². The van der Waals surface area contributed by atoms with Crippen molar-refractivity contribution in [1.29, 1.82) is 0 Å². The number of aliphatic hydroxyl groups is 1. The number of para-hydroxylation sites is 1. The number of imidazole rings is 1. The van der Waals surface area contributed by atoms with Gasteiger partial charge in [-0.3, -0.25) is 4.99 Å². The van der Waals surface area contributed by atoms with E-state index in [-0.39, 0.29) is 54.0 Å². The molecule has 0 bridgehead atoms. The quantitative estimate of drug-likeness (QED) is 0.556. The molecule has 1 aliphatic rings. The second-order valence-corrected chi connectivity index (χ2v) is 4.96. The Hall–Kier alpha value is -1.87. The van der Waals surface area contributed by atoms with Crippen molar-refractivity contribution in [3.8, 4) is 5.75 Å². The monoisotopic (exact) mass is 338 g/mol. The summed E-state index contributed by atoms with van der Waals surface area (Å²) in [6.45, 7) is 0.922. The number of ether oxygens (including phenoxy) is 1. The molecular weight excluding hydrogens is 323 g/mol. The summed E-state index contributed by atoms with van der Waals surface area (Å²) in [5.74, 6) is -0.373. The van der Waals surface area contributed by atoms with Crippen LogP contribution in [0.3, 0.4) is 0 Å². The van der Waals surface area contributed by atoms with Crippen molar-refractivity contribution in [1.82, 2.24) is 9.55 Å². The number of carbonyl (C=O) groups excluding carboxylic acids is 1. The third-order valence-corrected chi connectivity index (χ3v) is 3.45. The fourth-order valence-electron chi connectivity index (χ4n) is 2.33. The number of carboxylic acid groups (broad SMARTS) is 1. The summed E-state index contributed by atoms with van der Waals surface area (Å²) >= 11 is 0. The van der Waals surface area contributed by atoms with Crippen LogP contribution in [0.5, 0.6) is 5.75 Å². The first-order chi connectivity index (χ1) is 11.2. The Morgan fingerprint density at radius 3 is 3.04 bits per heavy atom. The van der Waals surface area contributed by atoms with E-state index in [1.807, 2.05) is 0 Å². The topological polar surface area (TPSA) is 112 Å². The van der Waals surface area contributed by atoms with Crippen molar-refractivity contribution in [3.05, 3.63) is 41.9 Å². The van der Waals surface area contributed by atoms with Crippen molar-refractivity contribution in [3.63, 3.8) is 0 Å². The van der Waals surface area contributed by atoms with E-state index in [2.05, 4.69) is 15.3 Å². The van der Waals surface area contributed by atoms with Crippen molar-refractivity contribution in [2.75, 3.05) is 18.5 Å². The van der Waals surface area contributed by atoms with E-state index >= 15 is 0 Å². The summed E-state index contributed by atoms with van der Waals surface area (Å²) in [4.78, 5) is 19.2. The molecule has 0 fully saturated rings. The number of aliphatic hydroxyl groups excluding tert-OH is 1. The van der Waals surface area contributed by atoms with Crippen molar-refractivity contribution in [2.24, 2.45) is 4.99 Å². The molecule has 9 heteroatoms. The van der Waals surface area contributed by atoms with Crippen LogP contribution < -0.4 is 44.7 Å². The number of rotatable bonds is 5. The smallest absolute Gasteiger partial charge is 0.545 e. The standard InChI is InChI=1S/C15H16N4O4.Na/c20-11-7-16-8-17-14-13(11)18-9-19(14)5-6-23-12-4-2-1-3-10(12)15(21)22;/h1-4,8-9,11,20H,5-7H2,(H,16,17)(H,21,22);/q;+1/p-1. The number of hydrogen-bond donors (Lipinski definition) is 2. The van der Waals surface area contributed by atoms with Crippen LogP contribution in [-0.4, -0.2) is 40.1 Å². The Morgan fingerprint density at radius 1 is 1.46 bits per heavy atom. The van der Waals surface area contributed by atoms with E-state index in [9.17, 15) is 15.0 Å². The number of benzene rings is 1. The largest absolute Gasteiger partial charge is 1.00 e. The molecule has 0 saturated carbocycles. The van der Waals surface area contributed by atoms with Gasteiger partial charge in [0.25, 0.3) is 0 Å². The Morgan fingerprint density at radius 2 is 2.25 bits per heavy atom. The van der Waals surface area contributed by atoms with Gasteiger partial charge >= 0.3 is 29.6 Å². The summed E-state index contributed by atoms with van der Waals surface area (Å²) in [5.41, 5.74) is 0.537. The molecule has 1 aliphatic heterocycles. The van der Waals surface area contributed by atoms with Gasteiger partial charge in [-0.2, -0.15) is 0 Å². The molecule has 1 atom stereocenters. The minimum atomic E-state index is -1.28. The normalized spacial score (nSPS) is 15.6. The van der Waals surface area contributed by atoms with Crippen LogP contribution in [-0.2, 0) is 6.54 Å². The van der Waals surface area contributed by atoms with Crippen LogP contribution in [0, 0.1) is 0 Å². The summed E-state index contributed by atoms with van der Waals surface area (Å²) in [6.07, 6.45) is 2.35. The number of aliphatic imine (C=N–C) groups is 1. The fourth-order valence-corrected chi connectivity index (χ4v) is 2.33. The maximum Gasteiger partial charge on any atom is 1.00 e. The molecule has 2 N–H and O–H groups in total. The van der Waals surface area contributed by atoms with Crippen LogP contribution in [0.25, 0.3) is 0 Å². The number of hydrogen-bond acceptors (Lipinski definition) is 7. The molecule has 1 aromatic carbocycles. The third-order valence-electron chi connectivity index (χ3n) is 3.45. The molecule has 3 rings (SSSR count). The average Bonchev–Trinajstić information content (AvgIpc) is 2.85. The van der Waals surface area contributed by atoms with E-state index in [0.29, 0.717) is 18.1 Å². The fraction of sp³-hybridized carbons (Fsp3) is 0.267. The van der Waals surface area contributed by atoms with Crippen LogP contribution in [0.4, 0.5) is 5.82 Å². The molecule has 120 valence electrons. The van der Waals surface area contributed by atoms with Crippen molar-refractivity contribution in [2.45, 2.75) is 12.6 Å². The first-order valence-electron chi connectivity index (χ1n) is 7.08. The number of carbonyl (C=O) groups is 1. The van der Waals surface area contributed by atoms with Crippen LogP contribution >= 0.6 is 0 Å². The number of nitrogens with zero attached hydrogens (tertiary/aromatic N) is 3. The summed E-state index contributed by atoms with van der Waals surface area (Å²) in [5, 5.41) is 23.9. The number of anilines is 1. The molecule has 0 saturated heterocycles. The first kappa shape index (κ1) is 18.5. The molecule has 0 radical (unpaired) electrons. The summed E-state index contributed by atoms with van der Waals surface area (Å²) in [6, 6.07) is 6.31. The number of aromatic carboxylic acids is 1. The molecule has 24 heavy (non-hydrogen) atoms. The Kier molecular flexibility index (Phi) is 6.38. The number of nitrogens with one attached hydrogen (secondary N) is 1. The molecule has 0 aliphatic carbocycles. The first-order valence-corrected chi connectivity index (χ1v) is 7.08. The van der Waals surface area contributed by atoms with Gasteiger partial charge in [0.1, 0.15) is 30.0 Å². The number of carboxylic acids is 1. The molecule has 0 amide bonds. The average molecular weight is 338 g/mol. The molecule has 0 spiro atoms. The Balaban J connectivity index is 0.00000208. The molecule has 8 nitrogen and oxygen atoms in total. The predicted octanol–water partition coefficient (Wildman–Crippen LogP) is -3.18. The maximum atomic E-state index is 11.0. The van der Waals surface area contributed by atoms with Gasteiger partial charge in [0.05, 0.1) is 31.7 Å². The van der Waals surface area contributed by atoms with E-state index in [1.54, 1.807) is 29.1 Å². The summed E-state index contributed by atoms with van der Waals surface area (Å²) in [7, 11) is 0. The van der Waals surface area contributed by atoms with Gasteiger partial charge in [0.2, 0.25) is 0 Å². The number of aromatic nitrogens is 2. The molecule has 1 aromatic heterocycles. The molecule has 2 heterocycles. The van der Waals surface area contributed by atoms with E-state index in [0.717, 1.165) is 0 Å². The van der Waals surface area contributed by atoms with Crippen molar-refractivity contribution < 1.29 is 49.3 Å². The van der Waals surface area contributed by atoms with Gasteiger partial charge in [-0.15, -0.1) is 0 Å². The van der Waals surface area contributed by atoms with Gasteiger partial charge in [-0.05, 0) is 12.1 Å². The second-order valence-electron chi connectivity index (χ2n) is 4.96. The van der Waals surface area contributed by atoms with Crippen molar-refractivity contribution >= 4 is 18.1 Å². The van der Waals surface area contributed by atoms with Gasteiger partial charge in [-0.25, -0.2) is 4.98 Å². The second kappa shape index (κ2) is 8.29. The van der Waals surface area contributed by atoms with Crippen LogP contribution in [0.1, 0.15) is 22.2 Å². The van der Waals surface area contributed by atoms with E-state index in [1.165, 1.54) is 12.4 Å². The van der Waals surface area contributed by atoms with E-state index in [4.69, 9.17) is 4.74 Å². The SMILES string of the molecule is O=C([O-])c1ccccc1OCCn1cnc2c1NC=NCC2O.[Na+]. The van der Waals surface area contributed by atoms with Gasteiger partial charge in [0, 0.05) is 5.56 Å². The zero-order chi connectivity index (χ0) is 16.2. The maximum absolute atomic E-state index is 11.0. The van der Waals surface area contributed by atoms with Gasteiger partial charge in [-0.1, -0.05) is 12.1 Å². The minimum absolute atomic E-state index is 0. The molecule has 2 aromatic rings. The van der Waals surface area contributed by atoms with Crippen LogP contribution in [0.2, 0.25) is 0 Å². The zero-order valence-electron chi connectivity index (χ0n) is 13.2. The molecule has 1 unspecified atom stereocenters. The summed E-state index contributed by atoms with van der Waals surface area (Å²) < 4.78 is 7.30. The Labute approximate surface area is 160 Å². The van der Waals surface area contributed by atoms with Gasteiger partial charge in [0.15, 0.2) is 0 Å². The predicted molar refractivity (Wildman–Crippen MR) is 80.4 cm³/mol. The van der Waals surface area contributed by atoms with E-state index < -0.39 is 12.1 Å². The zero-order valence-corrected chi connectivity index (χ0v) is 15.2. The third kappa shape index (κ3) is 3.96. The Bertz CT molecular complexity index is 747.